The van der Waals surface area contributed by atoms with Crippen molar-refractivity contribution in [1.82, 2.24) is 14.4 Å². The van der Waals surface area contributed by atoms with Crippen LogP contribution < -0.4 is 0 Å². The minimum absolute atomic E-state index is 0.166. The molecule has 2 saturated heterocycles. The Morgan fingerprint density at radius 3 is 2.50 bits per heavy atom. The van der Waals surface area contributed by atoms with Crippen LogP contribution in [-0.4, -0.2) is 75.8 Å². The second kappa shape index (κ2) is 9.98. The highest BCUT2D eigenvalue weighted by Gasteiger charge is 2.50. The Hall–Kier alpha value is -3.63. The minimum atomic E-state index is -0.994. The molecule has 0 aliphatic carbocycles. The number of carboxylic acid groups (broad SMARTS) is 1. The van der Waals surface area contributed by atoms with Crippen molar-refractivity contribution in [3.63, 3.8) is 0 Å². The molecule has 0 radical (unpaired) electrons. The number of rotatable bonds is 3. The Labute approximate surface area is 247 Å². The van der Waals surface area contributed by atoms with Gasteiger partial charge in [0, 0.05) is 54.6 Å². The summed E-state index contributed by atoms with van der Waals surface area (Å²) in [6.45, 7) is 7.84. The maximum absolute atomic E-state index is 14.0. The molecule has 0 saturated carbocycles. The zero-order valence-corrected chi connectivity index (χ0v) is 24.5. The number of likely N-dealkylation sites (tertiary alicyclic amines) is 1. The first-order valence-electron chi connectivity index (χ1n) is 14.1. The number of fused-ring (bicyclic) bond motifs is 3. The molecule has 9 nitrogen and oxygen atoms in total. The van der Waals surface area contributed by atoms with E-state index in [1.54, 1.807) is 29.3 Å². The van der Waals surface area contributed by atoms with Gasteiger partial charge < -0.3 is 28.9 Å². The number of amides is 2. The standard InChI is InChI=1S/C31H33ClFN3O6/c1-29(2,3)31(17-35(28(39)40)12-13-41-31)18-36-16-23(21-6-4-19(32)14-25(21)36)26(37)34-10-8-30(9-11-34)24-7-5-20(33)15-22(24)27(38)42-30/h4-7,14-16H,8-13,17-18H2,1-3H3,(H,39,40). The van der Waals surface area contributed by atoms with Gasteiger partial charge in [-0.05, 0) is 29.7 Å². The zero-order valence-electron chi connectivity index (χ0n) is 23.8. The van der Waals surface area contributed by atoms with Crippen molar-refractivity contribution in [3.05, 3.63) is 70.1 Å². The van der Waals surface area contributed by atoms with Gasteiger partial charge in [0.1, 0.15) is 17.0 Å². The predicted molar refractivity (Wildman–Crippen MR) is 153 cm³/mol. The van der Waals surface area contributed by atoms with E-state index in [9.17, 15) is 23.9 Å². The van der Waals surface area contributed by atoms with E-state index in [1.807, 2.05) is 31.4 Å². The highest BCUT2D eigenvalue weighted by molar-refractivity contribution is 6.31. The number of piperidine rings is 1. The van der Waals surface area contributed by atoms with Gasteiger partial charge in [0.2, 0.25) is 0 Å². The molecule has 6 rings (SSSR count). The lowest BCUT2D eigenvalue weighted by Crippen LogP contribution is -2.61. The molecule has 1 unspecified atom stereocenters. The molecule has 1 atom stereocenters. The topological polar surface area (TPSA) is 101 Å². The molecular weight excluding hydrogens is 565 g/mol. The van der Waals surface area contributed by atoms with Crippen LogP contribution in [0.15, 0.2) is 42.6 Å². The van der Waals surface area contributed by atoms with Crippen molar-refractivity contribution in [2.75, 3.05) is 32.8 Å². The lowest BCUT2D eigenvalue weighted by atomic mass is 9.75. The molecule has 4 heterocycles. The molecule has 1 N–H and O–H groups in total. The maximum Gasteiger partial charge on any atom is 0.407 e. The van der Waals surface area contributed by atoms with Crippen LogP contribution in [0.2, 0.25) is 5.02 Å². The van der Waals surface area contributed by atoms with Crippen molar-refractivity contribution in [2.24, 2.45) is 5.41 Å². The normalized spacial score (nSPS) is 22.0. The lowest BCUT2D eigenvalue weighted by Gasteiger charge is -2.49. The molecule has 42 heavy (non-hydrogen) atoms. The number of benzene rings is 2. The largest absolute Gasteiger partial charge is 0.465 e. The molecule has 1 aromatic heterocycles. The SMILES string of the molecule is CC(C)(C)C1(Cn2cc(C(=O)N3CCC4(CC3)OC(=O)c3cc(F)ccc34)c3ccc(Cl)cc32)CN(C(=O)O)CCO1. The Balaban J connectivity index is 1.30. The number of halogens is 2. The van der Waals surface area contributed by atoms with Crippen molar-refractivity contribution in [1.29, 1.82) is 0 Å². The van der Waals surface area contributed by atoms with Crippen molar-refractivity contribution in [2.45, 2.75) is 51.4 Å². The molecule has 222 valence electrons. The summed E-state index contributed by atoms with van der Waals surface area (Å²) in [7, 11) is 0. The number of esters is 1. The molecule has 3 aromatic rings. The summed E-state index contributed by atoms with van der Waals surface area (Å²) < 4.78 is 27.9. The molecule has 0 bridgehead atoms. The number of aromatic nitrogens is 1. The Kier molecular flexibility index (Phi) is 6.77. The fourth-order valence-electron chi connectivity index (χ4n) is 6.56. The van der Waals surface area contributed by atoms with Crippen LogP contribution in [0.3, 0.4) is 0 Å². The number of hydrogen-bond acceptors (Lipinski definition) is 5. The van der Waals surface area contributed by atoms with Gasteiger partial charge in [-0.15, -0.1) is 0 Å². The first kappa shape index (κ1) is 28.5. The van der Waals surface area contributed by atoms with Crippen LogP contribution in [0.5, 0.6) is 0 Å². The van der Waals surface area contributed by atoms with Gasteiger partial charge >= 0.3 is 12.1 Å². The van der Waals surface area contributed by atoms with Gasteiger partial charge in [0.25, 0.3) is 5.91 Å². The summed E-state index contributed by atoms with van der Waals surface area (Å²) in [6.07, 6.45) is 1.61. The third-order valence-corrected chi connectivity index (χ3v) is 9.40. The van der Waals surface area contributed by atoms with Crippen molar-refractivity contribution in [3.8, 4) is 0 Å². The van der Waals surface area contributed by atoms with Crippen LogP contribution in [0.4, 0.5) is 9.18 Å². The molecule has 3 aliphatic rings. The van der Waals surface area contributed by atoms with Crippen LogP contribution >= 0.6 is 11.6 Å². The van der Waals surface area contributed by atoms with E-state index >= 15 is 0 Å². The molecule has 3 aliphatic heterocycles. The number of ether oxygens (including phenoxy) is 2. The molecule has 2 aromatic carbocycles. The second-order valence-corrected chi connectivity index (χ2v) is 12.9. The first-order valence-corrected chi connectivity index (χ1v) is 14.4. The van der Waals surface area contributed by atoms with Gasteiger partial charge in [-0.1, -0.05) is 44.5 Å². The highest BCUT2D eigenvalue weighted by atomic mass is 35.5. The highest BCUT2D eigenvalue weighted by Crippen LogP contribution is 2.45. The third-order valence-electron chi connectivity index (χ3n) is 9.16. The monoisotopic (exact) mass is 597 g/mol. The van der Waals surface area contributed by atoms with E-state index in [0.29, 0.717) is 55.2 Å². The molecule has 2 fully saturated rings. The Bertz CT molecular complexity index is 1610. The predicted octanol–water partition coefficient (Wildman–Crippen LogP) is 5.53. The van der Waals surface area contributed by atoms with Crippen LogP contribution in [0, 0.1) is 11.2 Å². The summed E-state index contributed by atoms with van der Waals surface area (Å²) in [5.74, 6) is -1.20. The summed E-state index contributed by atoms with van der Waals surface area (Å²) in [4.78, 5) is 41.5. The number of hydrogen-bond donors (Lipinski definition) is 1. The van der Waals surface area contributed by atoms with E-state index in [2.05, 4.69) is 0 Å². The van der Waals surface area contributed by atoms with E-state index < -0.39 is 34.5 Å². The summed E-state index contributed by atoms with van der Waals surface area (Å²) in [5, 5.41) is 11.0. The van der Waals surface area contributed by atoms with E-state index in [4.69, 9.17) is 21.1 Å². The van der Waals surface area contributed by atoms with Gasteiger partial charge in [0.05, 0.1) is 36.3 Å². The summed E-state index contributed by atoms with van der Waals surface area (Å²) in [6, 6.07) is 9.52. The molecule has 1 spiro atoms. The number of carbonyl (C=O) groups is 3. The summed E-state index contributed by atoms with van der Waals surface area (Å²) in [5.41, 5.74) is 0.00930. The number of nitrogens with zero attached hydrogens (tertiary/aromatic N) is 3. The smallest absolute Gasteiger partial charge is 0.407 e. The molecular formula is C31H33ClFN3O6. The van der Waals surface area contributed by atoms with Gasteiger partial charge in [-0.2, -0.15) is 0 Å². The lowest BCUT2D eigenvalue weighted by molar-refractivity contribution is -0.166. The van der Waals surface area contributed by atoms with E-state index in [0.717, 1.165) is 10.9 Å². The van der Waals surface area contributed by atoms with Gasteiger partial charge in [0.15, 0.2) is 0 Å². The third kappa shape index (κ3) is 4.61. The van der Waals surface area contributed by atoms with Gasteiger partial charge in [-0.3, -0.25) is 4.79 Å². The van der Waals surface area contributed by atoms with E-state index in [1.165, 1.54) is 17.0 Å². The molecule has 11 heteroatoms. The van der Waals surface area contributed by atoms with Crippen LogP contribution in [0.1, 0.15) is 59.9 Å². The summed E-state index contributed by atoms with van der Waals surface area (Å²) >= 11 is 6.40. The van der Waals surface area contributed by atoms with Crippen LogP contribution in [0.25, 0.3) is 10.9 Å². The number of morpholine rings is 1. The maximum atomic E-state index is 14.0. The molecule has 2 amide bonds. The fraction of sp³-hybridized carbons (Fsp3) is 0.452. The Morgan fingerprint density at radius 2 is 1.81 bits per heavy atom. The van der Waals surface area contributed by atoms with E-state index in [-0.39, 0.29) is 24.6 Å². The minimum Gasteiger partial charge on any atom is -0.465 e. The average molecular weight is 598 g/mol. The quantitative estimate of drug-likeness (QED) is 0.398. The van der Waals surface area contributed by atoms with Crippen LogP contribution in [-0.2, 0) is 21.6 Å². The average Bonchev–Trinajstić information content (AvgIpc) is 3.42. The Morgan fingerprint density at radius 1 is 1.07 bits per heavy atom. The van der Waals surface area contributed by atoms with Gasteiger partial charge in [-0.25, -0.2) is 14.0 Å². The zero-order chi connectivity index (χ0) is 30.0. The van der Waals surface area contributed by atoms with Crippen molar-refractivity contribution >= 4 is 40.5 Å². The second-order valence-electron chi connectivity index (χ2n) is 12.5. The fourth-order valence-corrected chi connectivity index (χ4v) is 6.72. The number of carbonyl (C=O) groups excluding carboxylic acids is 2. The van der Waals surface area contributed by atoms with Crippen molar-refractivity contribution < 1.29 is 33.4 Å². The first-order chi connectivity index (χ1) is 19.8.